The number of amides is 1. The summed E-state index contributed by atoms with van der Waals surface area (Å²) in [6.07, 6.45) is 2.33. The highest BCUT2D eigenvalue weighted by atomic mass is 16.5. The van der Waals surface area contributed by atoms with Crippen LogP contribution in [0.25, 0.3) is 0 Å². The minimum Gasteiger partial charge on any atom is -0.494 e. The van der Waals surface area contributed by atoms with Crippen molar-refractivity contribution in [1.82, 2.24) is 4.90 Å². The predicted octanol–water partition coefficient (Wildman–Crippen LogP) is 5.01. The fourth-order valence-corrected chi connectivity index (χ4v) is 3.93. The van der Waals surface area contributed by atoms with E-state index in [1.54, 1.807) is 11.8 Å². The molecule has 1 amide bonds. The van der Waals surface area contributed by atoms with Crippen molar-refractivity contribution in [2.24, 2.45) is 0 Å². The highest BCUT2D eigenvalue weighted by molar-refractivity contribution is 5.73. The van der Waals surface area contributed by atoms with E-state index in [-0.39, 0.29) is 11.9 Å². The first-order valence-electron chi connectivity index (χ1n) is 10.3. The number of carbonyl (C=O) groups excluding carboxylic acids is 1. The number of piperidine rings is 1. The van der Waals surface area contributed by atoms with Crippen LogP contribution >= 0.6 is 0 Å². The van der Waals surface area contributed by atoms with Gasteiger partial charge in [0.05, 0.1) is 12.6 Å². The van der Waals surface area contributed by atoms with Crippen LogP contribution in [0.4, 0.5) is 5.69 Å². The van der Waals surface area contributed by atoms with E-state index in [4.69, 9.17) is 4.74 Å². The van der Waals surface area contributed by atoms with Crippen molar-refractivity contribution in [3.8, 4) is 5.75 Å². The zero-order chi connectivity index (χ0) is 20.1. The van der Waals surface area contributed by atoms with Crippen LogP contribution in [0.15, 0.2) is 48.5 Å². The van der Waals surface area contributed by atoms with E-state index in [9.17, 15) is 4.79 Å². The molecule has 0 N–H and O–H groups in total. The van der Waals surface area contributed by atoms with E-state index in [1.807, 2.05) is 14.0 Å². The molecule has 1 aliphatic heterocycles. The number of carbonyl (C=O) groups is 1. The molecule has 28 heavy (non-hydrogen) atoms. The first-order chi connectivity index (χ1) is 13.5. The minimum absolute atomic E-state index is 0.0907. The molecule has 1 aliphatic rings. The summed E-state index contributed by atoms with van der Waals surface area (Å²) in [7, 11) is 1.85. The van der Waals surface area contributed by atoms with Gasteiger partial charge < -0.3 is 14.5 Å². The Hall–Kier alpha value is -2.49. The van der Waals surface area contributed by atoms with Gasteiger partial charge in [0.25, 0.3) is 0 Å². The van der Waals surface area contributed by atoms with Crippen LogP contribution in [0.2, 0.25) is 0 Å². The predicted molar refractivity (Wildman–Crippen MR) is 115 cm³/mol. The lowest BCUT2D eigenvalue weighted by Gasteiger charge is -2.34. The van der Waals surface area contributed by atoms with Crippen LogP contribution in [-0.2, 0) is 4.79 Å². The lowest BCUT2D eigenvalue weighted by molar-refractivity contribution is -0.129. The third-order valence-electron chi connectivity index (χ3n) is 5.98. The Morgan fingerprint density at radius 2 is 1.71 bits per heavy atom. The molecule has 1 unspecified atom stereocenters. The molecule has 0 aromatic heterocycles. The molecule has 4 nitrogen and oxygen atoms in total. The van der Waals surface area contributed by atoms with Gasteiger partial charge in [-0.3, -0.25) is 4.79 Å². The normalized spacial score (nSPS) is 15.9. The van der Waals surface area contributed by atoms with Gasteiger partial charge in [-0.15, -0.1) is 0 Å². The van der Waals surface area contributed by atoms with Crippen LogP contribution in [-0.4, -0.2) is 37.6 Å². The summed E-state index contributed by atoms with van der Waals surface area (Å²) in [6.45, 7) is 8.54. The molecular formula is C24H32N2O2. The van der Waals surface area contributed by atoms with Crippen molar-refractivity contribution in [2.45, 2.75) is 45.6 Å². The standard InChI is InChI=1S/C24H32N2O2/c1-5-28-24-12-8-21(9-13-24)22-14-16-26(17-15-22)23-10-6-20(7-11-23)18(2)25(4)19(3)27/h6-13,18,22H,5,14-17H2,1-4H3. The Bertz CT molecular complexity index is 762. The number of ether oxygens (including phenoxy) is 1. The summed E-state index contributed by atoms with van der Waals surface area (Å²) in [5.41, 5.74) is 3.86. The third-order valence-corrected chi connectivity index (χ3v) is 5.98. The Morgan fingerprint density at radius 3 is 2.25 bits per heavy atom. The van der Waals surface area contributed by atoms with E-state index in [1.165, 1.54) is 29.7 Å². The van der Waals surface area contributed by atoms with E-state index in [0.29, 0.717) is 12.5 Å². The van der Waals surface area contributed by atoms with Crippen LogP contribution in [0.3, 0.4) is 0 Å². The first-order valence-corrected chi connectivity index (χ1v) is 10.3. The molecule has 150 valence electrons. The van der Waals surface area contributed by atoms with Crippen molar-refractivity contribution in [3.63, 3.8) is 0 Å². The molecule has 0 saturated carbocycles. The molecular weight excluding hydrogens is 348 g/mol. The van der Waals surface area contributed by atoms with Gasteiger partial charge in [0.1, 0.15) is 5.75 Å². The van der Waals surface area contributed by atoms with Gasteiger partial charge in [-0.25, -0.2) is 0 Å². The van der Waals surface area contributed by atoms with Gasteiger partial charge in [0.15, 0.2) is 0 Å². The second kappa shape index (κ2) is 9.13. The average molecular weight is 381 g/mol. The Morgan fingerprint density at radius 1 is 1.11 bits per heavy atom. The first kappa shape index (κ1) is 20.2. The van der Waals surface area contributed by atoms with Crippen molar-refractivity contribution in [3.05, 3.63) is 59.7 Å². The lowest BCUT2D eigenvalue weighted by Crippen LogP contribution is -2.33. The van der Waals surface area contributed by atoms with Crippen molar-refractivity contribution in [2.75, 3.05) is 31.6 Å². The average Bonchev–Trinajstić information content (AvgIpc) is 2.74. The molecule has 3 rings (SSSR count). The van der Waals surface area contributed by atoms with Gasteiger partial charge in [0.2, 0.25) is 5.91 Å². The molecule has 2 aromatic rings. The number of hydrogen-bond acceptors (Lipinski definition) is 3. The summed E-state index contributed by atoms with van der Waals surface area (Å²) in [6, 6.07) is 17.4. The molecule has 0 aliphatic carbocycles. The number of anilines is 1. The molecule has 0 radical (unpaired) electrons. The number of hydrogen-bond donors (Lipinski definition) is 0. The largest absolute Gasteiger partial charge is 0.494 e. The Kier molecular flexibility index (Phi) is 6.61. The van der Waals surface area contributed by atoms with Crippen molar-refractivity contribution >= 4 is 11.6 Å². The minimum atomic E-state index is 0.0907. The lowest BCUT2D eigenvalue weighted by atomic mass is 9.89. The topological polar surface area (TPSA) is 32.8 Å². The van der Waals surface area contributed by atoms with Crippen molar-refractivity contribution in [1.29, 1.82) is 0 Å². The Labute approximate surface area is 169 Å². The van der Waals surface area contributed by atoms with E-state index in [0.717, 1.165) is 18.8 Å². The van der Waals surface area contributed by atoms with E-state index < -0.39 is 0 Å². The second-order valence-electron chi connectivity index (χ2n) is 7.66. The van der Waals surface area contributed by atoms with Crippen molar-refractivity contribution < 1.29 is 9.53 Å². The molecule has 1 heterocycles. The molecule has 2 aromatic carbocycles. The zero-order valence-corrected chi connectivity index (χ0v) is 17.5. The fourth-order valence-electron chi connectivity index (χ4n) is 3.93. The van der Waals surface area contributed by atoms with Crippen LogP contribution in [0, 0.1) is 0 Å². The monoisotopic (exact) mass is 380 g/mol. The highest BCUT2D eigenvalue weighted by Crippen LogP contribution is 2.32. The quantitative estimate of drug-likeness (QED) is 0.706. The SMILES string of the molecule is CCOc1ccc(C2CCN(c3ccc(C(C)N(C)C(C)=O)cc3)CC2)cc1. The summed E-state index contributed by atoms with van der Waals surface area (Å²) in [4.78, 5) is 15.8. The molecule has 4 heteroatoms. The maximum absolute atomic E-state index is 11.6. The molecule has 0 spiro atoms. The maximum Gasteiger partial charge on any atom is 0.219 e. The van der Waals surface area contributed by atoms with Gasteiger partial charge in [0, 0.05) is 32.7 Å². The summed E-state index contributed by atoms with van der Waals surface area (Å²) in [5, 5.41) is 0. The smallest absolute Gasteiger partial charge is 0.219 e. The van der Waals surface area contributed by atoms with Crippen LogP contribution in [0.1, 0.15) is 56.7 Å². The van der Waals surface area contributed by atoms with Crippen LogP contribution in [0.5, 0.6) is 5.75 Å². The zero-order valence-electron chi connectivity index (χ0n) is 17.5. The molecule has 1 atom stereocenters. The molecule has 1 saturated heterocycles. The summed E-state index contributed by atoms with van der Waals surface area (Å²) in [5.74, 6) is 1.66. The number of nitrogens with zero attached hydrogens (tertiary/aromatic N) is 2. The summed E-state index contributed by atoms with van der Waals surface area (Å²) < 4.78 is 5.55. The maximum atomic E-state index is 11.6. The number of benzene rings is 2. The van der Waals surface area contributed by atoms with Crippen LogP contribution < -0.4 is 9.64 Å². The van der Waals surface area contributed by atoms with E-state index >= 15 is 0 Å². The van der Waals surface area contributed by atoms with Gasteiger partial charge in [-0.1, -0.05) is 24.3 Å². The Balaban J connectivity index is 1.58. The second-order valence-corrected chi connectivity index (χ2v) is 7.66. The summed E-state index contributed by atoms with van der Waals surface area (Å²) >= 11 is 0. The van der Waals surface area contributed by atoms with Gasteiger partial charge >= 0.3 is 0 Å². The van der Waals surface area contributed by atoms with Gasteiger partial charge in [-0.2, -0.15) is 0 Å². The van der Waals surface area contributed by atoms with Gasteiger partial charge in [-0.05, 0) is 68.0 Å². The van der Waals surface area contributed by atoms with E-state index in [2.05, 4.69) is 60.4 Å². The molecule has 1 fully saturated rings. The molecule has 0 bridgehead atoms. The third kappa shape index (κ3) is 4.67. The fraction of sp³-hybridized carbons (Fsp3) is 0.458. The highest BCUT2D eigenvalue weighted by Gasteiger charge is 2.21. The number of rotatable bonds is 6.